The molecule has 170 valence electrons. The van der Waals surface area contributed by atoms with Crippen molar-refractivity contribution in [2.45, 2.75) is 38.3 Å². The van der Waals surface area contributed by atoms with E-state index < -0.39 is 11.9 Å². The van der Waals surface area contributed by atoms with E-state index in [1.54, 1.807) is 0 Å². The first kappa shape index (κ1) is 23.7. The summed E-state index contributed by atoms with van der Waals surface area (Å²) in [6, 6.07) is 20.5. The van der Waals surface area contributed by atoms with Gasteiger partial charge in [-0.05, 0) is 61.4 Å². The Morgan fingerprint density at radius 3 is 2.06 bits per heavy atom. The third-order valence-corrected chi connectivity index (χ3v) is 5.86. The van der Waals surface area contributed by atoms with Crippen LogP contribution in [0.5, 0.6) is 0 Å². The van der Waals surface area contributed by atoms with Gasteiger partial charge in [0.05, 0.1) is 0 Å². The Morgan fingerprint density at radius 1 is 0.875 bits per heavy atom. The molecule has 4 rings (SSSR count). The van der Waals surface area contributed by atoms with Gasteiger partial charge in [-0.25, -0.2) is 9.59 Å². The summed E-state index contributed by atoms with van der Waals surface area (Å²) in [5.41, 5.74) is 4.21. The number of carboxylic acids is 2. The monoisotopic (exact) mass is 436 g/mol. The van der Waals surface area contributed by atoms with Crippen molar-refractivity contribution in [3.8, 4) is 11.1 Å². The number of hydrogen-bond acceptors (Lipinski definition) is 4. The second kappa shape index (κ2) is 12.2. The Labute approximate surface area is 189 Å². The van der Waals surface area contributed by atoms with Gasteiger partial charge < -0.3 is 15.5 Å². The van der Waals surface area contributed by atoms with E-state index in [1.807, 2.05) is 0 Å². The van der Waals surface area contributed by atoms with E-state index in [9.17, 15) is 9.59 Å². The summed E-state index contributed by atoms with van der Waals surface area (Å²) in [5, 5.41) is 19.1. The van der Waals surface area contributed by atoms with Gasteiger partial charge in [-0.1, -0.05) is 54.6 Å². The lowest BCUT2D eigenvalue weighted by Crippen LogP contribution is -2.43. The number of nitrogens with zero attached hydrogens (tertiary/aromatic N) is 1. The summed E-state index contributed by atoms with van der Waals surface area (Å²) in [6.45, 7) is 4.72. The van der Waals surface area contributed by atoms with Gasteiger partial charge in [0, 0.05) is 31.3 Å². The molecular formula is C26H32N2O4. The minimum Gasteiger partial charge on any atom is -0.478 e. The molecule has 0 radical (unpaired) electrons. The van der Waals surface area contributed by atoms with Crippen molar-refractivity contribution >= 4 is 11.9 Å². The molecule has 1 saturated heterocycles. The summed E-state index contributed by atoms with van der Waals surface area (Å²) < 4.78 is 0. The van der Waals surface area contributed by atoms with E-state index >= 15 is 0 Å². The summed E-state index contributed by atoms with van der Waals surface area (Å²) in [5.74, 6) is -1.57. The molecule has 1 heterocycles. The smallest absolute Gasteiger partial charge is 0.328 e. The van der Waals surface area contributed by atoms with Crippen molar-refractivity contribution in [2.24, 2.45) is 5.92 Å². The molecule has 32 heavy (non-hydrogen) atoms. The van der Waals surface area contributed by atoms with Crippen molar-refractivity contribution in [1.82, 2.24) is 10.2 Å². The van der Waals surface area contributed by atoms with Gasteiger partial charge >= 0.3 is 11.9 Å². The summed E-state index contributed by atoms with van der Waals surface area (Å²) >= 11 is 0. The number of carboxylic acid groups (broad SMARTS) is 2. The Hall–Kier alpha value is -2.96. The maximum absolute atomic E-state index is 9.55. The summed E-state index contributed by atoms with van der Waals surface area (Å²) in [6.07, 6.45) is 6.56. The minimum absolute atomic E-state index is 0.558. The molecule has 1 saturated carbocycles. The van der Waals surface area contributed by atoms with Crippen molar-refractivity contribution in [3.05, 3.63) is 72.3 Å². The molecule has 1 aliphatic heterocycles. The Kier molecular flexibility index (Phi) is 9.01. The number of benzene rings is 2. The van der Waals surface area contributed by atoms with Gasteiger partial charge in [0.15, 0.2) is 0 Å². The highest BCUT2D eigenvalue weighted by Gasteiger charge is 2.29. The van der Waals surface area contributed by atoms with Gasteiger partial charge in [-0.3, -0.25) is 4.90 Å². The van der Waals surface area contributed by atoms with Gasteiger partial charge in [-0.15, -0.1) is 0 Å². The SMILES string of the molecule is O=C(O)/C=C/C(=O)O.c1ccc(-c2ccccc2CN(CC2CC2)C2CCNCC2)cc1. The third-order valence-electron chi connectivity index (χ3n) is 5.86. The van der Waals surface area contributed by atoms with Gasteiger partial charge in [0.1, 0.15) is 0 Å². The predicted molar refractivity (Wildman–Crippen MR) is 125 cm³/mol. The molecule has 0 amide bonds. The first-order valence-corrected chi connectivity index (χ1v) is 11.2. The number of carbonyl (C=O) groups is 2. The fraction of sp³-hybridized carbons (Fsp3) is 0.385. The molecule has 2 fully saturated rings. The largest absolute Gasteiger partial charge is 0.478 e. The molecule has 6 nitrogen and oxygen atoms in total. The Morgan fingerprint density at radius 2 is 1.47 bits per heavy atom. The van der Waals surface area contributed by atoms with E-state index in [2.05, 4.69) is 64.8 Å². The van der Waals surface area contributed by atoms with Crippen LogP contribution in [0.15, 0.2) is 66.7 Å². The van der Waals surface area contributed by atoms with Crippen molar-refractivity contribution in [1.29, 1.82) is 0 Å². The number of hydrogen-bond donors (Lipinski definition) is 3. The van der Waals surface area contributed by atoms with Gasteiger partial charge in [-0.2, -0.15) is 0 Å². The topological polar surface area (TPSA) is 89.9 Å². The maximum Gasteiger partial charge on any atom is 0.328 e. The molecule has 1 aliphatic carbocycles. The molecular weight excluding hydrogens is 404 g/mol. The molecule has 3 N–H and O–H groups in total. The second-order valence-corrected chi connectivity index (χ2v) is 8.39. The van der Waals surface area contributed by atoms with Crippen LogP contribution in [0.1, 0.15) is 31.2 Å². The maximum atomic E-state index is 9.55. The highest BCUT2D eigenvalue weighted by atomic mass is 16.4. The summed E-state index contributed by atoms with van der Waals surface area (Å²) in [7, 11) is 0. The van der Waals surface area contributed by atoms with Gasteiger partial charge in [0.2, 0.25) is 0 Å². The molecule has 0 spiro atoms. The van der Waals surface area contributed by atoms with Crippen LogP contribution >= 0.6 is 0 Å². The van der Waals surface area contributed by atoms with Crippen molar-refractivity contribution in [2.75, 3.05) is 19.6 Å². The standard InChI is InChI=1S/C22H28N2.C4H4O4/c1-2-6-19(7-3-1)22-9-5-4-8-20(22)17-24(16-18-10-11-18)21-12-14-23-15-13-21;5-3(6)1-2-4(7)8/h1-9,18,21,23H,10-17H2;1-2H,(H,5,6)(H,7,8)/b;2-1+. The van der Waals surface area contributed by atoms with Crippen LogP contribution in [0, 0.1) is 5.92 Å². The number of piperidine rings is 1. The molecule has 6 heteroatoms. The molecule has 0 atom stereocenters. The lowest BCUT2D eigenvalue weighted by atomic mass is 9.97. The average Bonchev–Trinajstić information content (AvgIpc) is 3.63. The van der Waals surface area contributed by atoms with Crippen LogP contribution in [0.2, 0.25) is 0 Å². The zero-order valence-electron chi connectivity index (χ0n) is 18.3. The minimum atomic E-state index is -1.26. The highest BCUT2D eigenvalue weighted by Crippen LogP contribution is 2.33. The Bertz CT molecular complexity index is 887. The van der Waals surface area contributed by atoms with E-state index in [1.165, 1.54) is 62.0 Å². The number of nitrogens with one attached hydrogen (secondary N) is 1. The number of aliphatic carboxylic acids is 2. The molecule has 2 aromatic rings. The van der Waals surface area contributed by atoms with E-state index in [4.69, 9.17) is 10.2 Å². The fourth-order valence-corrected chi connectivity index (χ4v) is 4.07. The van der Waals surface area contributed by atoms with Crippen LogP contribution in [0.25, 0.3) is 11.1 Å². The first-order chi connectivity index (χ1) is 15.5. The van der Waals surface area contributed by atoms with Crippen LogP contribution in [-0.2, 0) is 16.1 Å². The van der Waals surface area contributed by atoms with E-state index in [-0.39, 0.29) is 0 Å². The average molecular weight is 437 g/mol. The van der Waals surface area contributed by atoms with Gasteiger partial charge in [0.25, 0.3) is 0 Å². The summed E-state index contributed by atoms with van der Waals surface area (Å²) in [4.78, 5) is 21.9. The zero-order chi connectivity index (χ0) is 22.8. The first-order valence-electron chi connectivity index (χ1n) is 11.2. The molecule has 2 aromatic carbocycles. The third kappa shape index (κ3) is 7.94. The molecule has 0 unspecified atom stereocenters. The van der Waals surface area contributed by atoms with Crippen LogP contribution in [-0.4, -0.2) is 52.7 Å². The Balaban J connectivity index is 0.000000312. The second-order valence-electron chi connectivity index (χ2n) is 8.39. The highest BCUT2D eigenvalue weighted by molar-refractivity contribution is 5.89. The number of rotatable bonds is 8. The molecule has 0 aromatic heterocycles. The van der Waals surface area contributed by atoms with Crippen LogP contribution < -0.4 is 5.32 Å². The quantitative estimate of drug-likeness (QED) is 0.542. The lowest BCUT2D eigenvalue weighted by Gasteiger charge is -2.35. The molecule has 2 aliphatic rings. The van der Waals surface area contributed by atoms with E-state index in [0.717, 1.165) is 18.5 Å². The van der Waals surface area contributed by atoms with Crippen molar-refractivity contribution in [3.63, 3.8) is 0 Å². The van der Waals surface area contributed by atoms with E-state index in [0.29, 0.717) is 12.2 Å². The van der Waals surface area contributed by atoms with Crippen molar-refractivity contribution < 1.29 is 19.8 Å². The normalized spacial score (nSPS) is 16.5. The molecule has 0 bridgehead atoms. The lowest BCUT2D eigenvalue weighted by molar-refractivity contribution is -0.134. The predicted octanol–water partition coefficient (Wildman–Crippen LogP) is 4.03. The fourth-order valence-electron chi connectivity index (χ4n) is 4.07. The van der Waals surface area contributed by atoms with Crippen LogP contribution in [0.3, 0.4) is 0 Å². The zero-order valence-corrected chi connectivity index (χ0v) is 18.3. The van der Waals surface area contributed by atoms with Crippen LogP contribution in [0.4, 0.5) is 0 Å².